The van der Waals surface area contributed by atoms with E-state index in [2.05, 4.69) is 21.2 Å². The summed E-state index contributed by atoms with van der Waals surface area (Å²) in [6.45, 7) is 0. The van der Waals surface area contributed by atoms with Crippen LogP contribution in [0.5, 0.6) is 0 Å². The number of nitriles is 1. The van der Waals surface area contributed by atoms with Gasteiger partial charge in [-0.3, -0.25) is 0 Å². The predicted octanol–water partition coefficient (Wildman–Crippen LogP) is 4.86. The summed E-state index contributed by atoms with van der Waals surface area (Å²) in [7, 11) is 0. The van der Waals surface area contributed by atoms with Crippen LogP contribution >= 0.6 is 27.5 Å². The zero-order valence-corrected chi connectivity index (χ0v) is 11.4. The summed E-state index contributed by atoms with van der Waals surface area (Å²) < 4.78 is 14.4. The van der Waals surface area contributed by atoms with Gasteiger partial charge in [-0.25, -0.2) is 4.39 Å². The fourth-order valence-corrected chi connectivity index (χ4v) is 1.99. The first-order valence-corrected chi connectivity index (χ1v) is 6.19. The van der Waals surface area contributed by atoms with Crippen molar-refractivity contribution in [1.82, 2.24) is 0 Å². The molecular weight excluding hydrogens is 319 g/mol. The van der Waals surface area contributed by atoms with E-state index in [-0.39, 0.29) is 5.69 Å². The van der Waals surface area contributed by atoms with Crippen molar-refractivity contribution in [2.45, 2.75) is 0 Å². The molecule has 0 bridgehead atoms. The Kier molecular flexibility index (Phi) is 3.85. The molecule has 0 heterocycles. The molecule has 2 aromatic rings. The summed E-state index contributed by atoms with van der Waals surface area (Å²) in [5.74, 6) is -0.428. The zero-order valence-electron chi connectivity index (χ0n) is 9.05. The van der Waals surface area contributed by atoms with E-state index in [0.29, 0.717) is 16.3 Å². The van der Waals surface area contributed by atoms with Crippen LogP contribution in [-0.4, -0.2) is 0 Å². The highest BCUT2D eigenvalue weighted by atomic mass is 79.9. The second-order valence-electron chi connectivity index (χ2n) is 3.55. The van der Waals surface area contributed by atoms with Gasteiger partial charge in [0, 0.05) is 9.50 Å². The Morgan fingerprint density at radius 3 is 2.67 bits per heavy atom. The van der Waals surface area contributed by atoms with E-state index >= 15 is 0 Å². The topological polar surface area (TPSA) is 35.8 Å². The van der Waals surface area contributed by atoms with Crippen molar-refractivity contribution in [3.8, 4) is 6.07 Å². The van der Waals surface area contributed by atoms with Crippen LogP contribution in [0.4, 0.5) is 15.8 Å². The number of hydrogen-bond acceptors (Lipinski definition) is 2. The second kappa shape index (κ2) is 5.38. The number of halogens is 3. The largest absolute Gasteiger partial charge is 0.352 e. The SMILES string of the molecule is N#Cc1ccc(Br)cc1Nc1cc(Cl)ccc1F. The number of nitrogens with zero attached hydrogens (tertiary/aromatic N) is 1. The molecule has 2 aromatic carbocycles. The first-order valence-electron chi connectivity index (χ1n) is 5.02. The van der Waals surface area contributed by atoms with Gasteiger partial charge in [-0.2, -0.15) is 5.26 Å². The molecule has 0 saturated heterocycles. The van der Waals surface area contributed by atoms with Gasteiger partial charge in [0.2, 0.25) is 0 Å². The minimum absolute atomic E-state index is 0.233. The molecule has 0 atom stereocenters. The summed E-state index contributed by atoms with van der Waals surface area (Å²) >= 11 is 9.11. The zero-order chi connectivity index (χ0) is 13.1. The molecule has 2 rings (SSSR count). The number of rotatable bonds is 2. The second-order valence-corrected chi connectivity index (χ2v) is 4.90. The van der Waals surface area contributed by atoms with Crippen molar-refractivity contribution in [3.63, 3.8) is 0 Å². The van der Waals surface area contributed by atoms with Crippen LogP contribution in [0.3, 0.4) is 0 Å². The van der Waals surface area contributed by atoms with Crippen LogP contribution in [0.1, 0.15) is 5.56 Å². The molecule has 5 heteroatoms. The molecular formula is C13H7BrClFN2. The maximum absolute atomic E-state index is 13.6. The van der Waals surface area contributed by atoms with E-state index in [1.807, 2.05) is 6.07 Å². The maximum Gasteiger partial charge on any atom is 0.146 e. The van der Waals surface area contributed by atoms with Gasteiger partial charge in [0.05, 0.1) is 16.9 Å². The average molecular weight is 326 g/mol. The van der Waals surface area contributed by atoms with E-state index in [1.54, 1.807) is 18.2 Å². The Morgan fingerprint density at radius 1 is 1.17 bits per heavy atom. The summed E-state index contributed by atoms with van der Waals surface area (Å²) in [6.07, 6.45) is 0. The number of benzene rings is 2. The van der Waals surface area contributed by atoms with Crippen LogP contribution < -0.4 is 5.32 Å². The molecule has 0 radical (unpaired) electrons. The molecule has 0 unspecified atom stereocenters. The van der Waals surface area contributed by atoms with Crippen molar-refractivity contribution in [2.24, 2.45) is 0 Å². The van der Waals surface area contributed by atoms with Crippen molar-refractivity contribution in [1.29, 1.82) is 5.26 Å². The lowest BCUT2D eigenvalue weighted by Gasteiger charge is -2.10. The van der Waals surface area contributed by atoms with E-state index in [0.717, 1.165) is 4.47 Å². The normalized spacial score (nSPS) is 9.89. The van der Waals surface area contributed by atoms with Crippen molar-refractivity contribution < 1.29 is 4.39 Å². The molecule has 18 heavy (non-hydrogen) atoms. The van der Waals surface area contributed by atoms with Gasteiger partial charge >= 0.3 is 0 Å². The van der Waals surface area contributed by atoms with E-state index in [9.17, 15) is 4.39 Å². The third-order valence-corrected chi connectivity index (χ3v) is 3.03. The summed E-state index contributed by atoms with van der Waals surface area (Å²) in [5, 5.41) is 12.3. The third-order valence-electron chi connectivity index (χ3n) is 2.30. The molecule has 1 N–H and O–H groups in total. The third kappa shape index (κ3) is 2.81. The molecule has 0 aliphatic carbocycles. The molecule has 0 aliphatic rings. The maximum atomic E-state index is 13.6. The summed E-state index contributed by atoms with van der Waals surface area (Å²) in [6, 6.07) is 11.4. The summed E-state index contributed by atoms with van der Waals surface area (Å²) in [4.78, 5) is 0. The van der Waals surface area contributed by atoms with E-state index < -0.39 is 5.82 Å². The van der Waals surface area contributed by atoms with Crippen LogP contribution in [0.15, 0.2) is 40.9 Å². The molecule has 0 amide bonds. The minimum Gasteiger partial charge on any atom is -0.352 e. The van der Waals surface area contributed by atoms with Gasteiger partial charge in [-0.05, 0) is 36.4 Å². The molecule has 0 aromatic heterocycles. The van der Waals surface area contributed by atoms with E-state index in [1.165, 1.54) is 18.2 Å². The van der Waals surface area contributed by atoms with Crippen molar-refractivity contribution in [2.75, 3.05) is 5.32 Å². The van der Waals surface area contributed by atoms with Gasteiger partial charge in [0.1, 0.15) is 11.9 Å². The van der Waals surface area contributed by atoms with Crippen LogP contribution in [0.25, 0.3) is 0 Å². The highest BCUT2D eigenvalue weighted by Crippen LogP contribution is 2.27. The Morgan fingerprint density at radius 2 is 1.94 bits per heavy atom. The van der Waals surface area contributed by atoms with Crippen LogP contribution in [0.2, 0.25) is 5.02 Å². The Balaban J connectivity index is 2.43. The molecule has 0 fully saturated rings. The monoisotopic (exact) mass is 324 g/mol. The number of hydrogen-bond donors (Lipinski definition) is 1. The fraction of sp³-hybridized carbons (Fsp3) is 0. The fourth-order valence-electron chi connectivity index (χ4n) is 1.46. The van der Waals surface area contributed by atoms with Gasteiger partial charge in [-0.1, -0.05) is 27.5 Å². The average Bonchev–Trinajstić information content (AvgIpc) is 2.34. The Labute approximate surface area is 117 Å². The standard InChI is InChI=1S/C13H7BrClFN2/c14-9-2-1-8(7-17)12(5-9)18-13-6-10(15)3-4-11(13)16/h1-6,18H. The molecule has 90 valence electrons. The summed E-state index contributed by atoms with van der Waals surface area (Å²) in [5.41, 5.74) is 1.18. The molecule has 0 aliphatic heterocycles. The van der Waals surface area contributed by atoms with Gasteiger partial charge < -0.3 is 5.32 Å². The quantitative estimate of drug-likeness (QED) is 0.856. The Bertz CT molecular complexity index is 637. The molecule has 2 nitrogen and oxygen atoms in total. The lowest BCUT2D eigenvalue weighted by molar-refractivity contribution is 0.632. The molecule has 0 spiro atoms. The predicted molar refractivity (Wildman–Crippen MR) is 73.5 cm³/mol. The number of anilines is 2. The lowest BCUT2D eigenvalue weighted by atomic mass is 10.2. The smallest absolute Gasteiger partial charge is 0.146 e. The highest BCUT2D eigenvalue weighted by molar-refractivity contribution is 9.10. The lowest BCUT2D eigenvalue weighted by Crippen LogP contribution is -1.96. The first kappa shape index (κ1) is 12.9. The van der Waals surface area contributed by atoms with Crippen molar-refractivity contribution >= 4 is 38.9 Å². The highest BCUT2D eigenvalue weighted by Gasteiger charge is 2.07. The van der Waals surface area contributed by atoms with Crippen LogP contribution in [0, 0.1) is 17.1 Å². The van der Waals surface area contributed by atoms with Gasteiger partial charge in [0.25, 0.3) is 0 Å². The Hall–Kier alpha value is -1.57. The van der Waals surface area contributed by atoms with Crippen molar-refractivity contribution in [3.05, 3.63) is 57.3 Å². The first-order chi connectivity index (χ1) is 8.60. The molecule has 0 saturated carbocycles. The number of nitrogens with one attached hydrogen (secondary N) is 1. The van der Waals surface area contributed by atoms with Gasteiger partial charge in [-0.15, -0.1) is 0 Å². The minimum atomic E-state index is -0.428. The van der Waals surface area contributed by atoms with E-state index in [4.69, 9.17) is 16.9 Å². The van der Waals surface area contributed by atoms with Crippen LogP contribution in [-0.2, 0) is 0 Å². The van der Waals surface area contributed by atoms with Gasteiger partial charge in [0.15, 0.2) is 0 Å².